The Hall–Kier alpha value is -3.10. The van der Waals surface area contributed by atoms with Crippen LogP contribution in [0.3, 0.4) is 0 Å². The Morgan fingerprint density at radius 1 is 0.882 bits per heavy atom. The van der Waals surface area contributed by atoms with E-state index in [1.807, 2.05) is 0 Å². The number of para-hydroxylation sites is 1. The fraction of sp³-hybridized carbons (Fsp3) is 0.312. The van der Waals surface area contributed by atoms with Crippen molar-refractivity contribution in [1.82, 2.24) is 5.32 Å². The first kappa shape index (κ1) is 22.7. The molecule has 0 unspecified atom stereocenters. The smallest absolute Gasteiger partial charge is 0.123 e. The third-order valence-electron chi connectivity index (χ3n) is 7.33. The van der Waals surface area contributed by atoms with Crippen LogP contribution in [0.1, 0.15) is 66.0 Å². The molecule has 4 aromatic carbocycles. The zero-order valence-electron chi connectivity index (χ0n) is 20.6. The molecule has 0 aliphatic carbocycles. The van der Waals surface area contributed by atoms with Crippen LogP contribution in [0, 0.1) is 13.8 Å². The summed E-state index contributed by atoms with van der Waals surface area (Å²) in [4.78, 5) is 0. The van der Waals surface area contributed by atoms with Gasteiger partial charge in [-0.25, -0.2) is 0 Å². The number of hydrogen-bond donors (Lipinski definition) is 1. The van der Waals surface area contributed by atoms with Gasteiger partial charge in [-0.1, -0.05) is 84.4 Å². The Morgan fingerprint density at radius 2 is 1.68 bits per heavy atom. The van der Waals surface area contributed by atoms with Crippen LogP contribution in [0.25, 0.3) is 10.8 Å². The minimum Gasteiger partial charge on any atom is -0.490 e. The number of aryl methyl sites for hydroxylation is 2. The average molecular weight is 450 g/mol. The van der Waals surface area contributed by atoms with E-state index < -0.39 is 0 Å². The van der Waals surface area contributed by atoms with Crippen LogP contribution in [-0.2, 0) is 0 Å². The maximum atomic E-state index is 6.47. The summed E-state index contributed by atoms with van der Waals surface area (Å²) in [6, 6.07) is 31.0. The van der Waals surface area contributed by atoms with E-state index in [-0.39, 0.29) is 6.10 Å². The summed E-state index contributed by atoms with van der Waals surface area (Å²) in [7, 11) is 0. The van der Waals surface area contributed by atoms with Crippen LogP contribution in [0.5, 0.6) is 5.75 Å². The second-order valence-electron chi connectivity index (χ2n) is 9.81. The van der Waals surface area contributed by atoms with E-state index in [1.165, 1.54) is 38.6 Å². The molecule has 0 saturated carbocycles. The molecule has 174 valence electrons. The summed E-state index contributed by atoms with van der Waals surface area (Å²) in [6.45, 7) is 7.67. The van der Waals surface area contributed by atoms with Crippen LogP contribution in [0.4, 0.5) is 0 Å². The molecular weight excluding hydrogens is 414 g/mol. The molecule has 0 spiro atoms. The maximum absolute atomic E-state index is 6.47. The first-order valence-electron chi connectivity index (χ1n) is 12.6. The Kier molecular flexibility index (Phi) is 6.69. The van der Waals surface area contributed by atoms with E-state index in [4.69, 9.17) is 4.74 Å². The number of rotatable bonds is 7. The second-order valence-corrected chi connectivity index (χ2v) is 9.81. The topological polar surface area (TPSA) is 21.3 Å². The molecule has 0 fully saturated rings. The lowest BCUT2D eigenvalue weighted by Crippen LogP contribution is -2.28. The molecule has 1 N–H and O–H groups in total. The minimum absolute atomic E-state index is 0.246. The molecule has 3 atom stereocenters. The first-order valence-corrected chi connectivity index (χ1v) is 12.6. The highest BCUT2D eigenvalue weighted by molar-refractivity contribution is 5.86. The van der Waals surface area contributed by atoms with Crippen LogP contribution in [0.15, 0.2) is 84.9 Å². The number of nitrogens with one attached hydrogen (secondary N) is 1. The third kappa shape index (κ3) is 4.74. The van der Waals surface area contributed by atoms with Crippen LogP contribution in [-0.4, -0.2) is 12.6 Å². The molecule has 1 heterocycles. The van der Waals surface area contributed by atoms with Gasteiger partial charge in [-0.05, 0) is 80.1 Å². The molecule has 5 rings (SSSR count). The normalized spacial score (nSPS) is 18.3. The number of fused-ring (bicyclic) bond motifs is 2. The molecule has 34 heavy (non-hydrogen) atoms. The number of benzene rings is 4. The number of ether oxygens (including phenoxy) is 1. The molecule has 4 aromatic rings. The monoisotopic (exact) mass is 449 g/mol. The largest absolute Gasteiger partial charge is 0.490 e. The lowest BCUT2D eigenvalue weighted by Gasteiger charge is -2.33. The van der Waals surface area contributed by atoms with Crippen LogP contribution >= 0.6 is 0 Å². The fourth-order valence-electron chi connectivity index (χ4n) is 5.57. The molecule has 2 heteroatoms. The summed E-state index contributed by atoms with van der Waals surface area (Å²) in [5.41, 5.74) is 6.84. The molecule has 0 aromatic heterocycles. The summed E-state index contributed by atoms with van der Waals surface area (Å²) in [5.74, 6) is 1.46. The highest BCUT2D eigenvalue weighted by Crippen LogP contribution is 2.42. The molecule has 0 amide bonds. The van der Waals surface area contributed by atoms with Gasteiger partial charge in [0.2, 0.25) is 0 Å². The van der Waals surface area contributed by atoms with Gasteiger partial charge in [0, 0.05) is 17.5 Å². The SMILES string of the molecule is Cc1ccc([C@@H]2C[C@H](CCCN[C@H](C)c3cccc4ccccc34)Oc3ccccc32)c(C)c1. The van der Waals surface area contributed by atoms with E-state index >= 15 is 0 Å². The van der Waals surface area contributed by atoms with Crippen molar-refractivity contribution in [2.24, 2.45) is 0 Å². The maximum Gasteiger partial charge on any atom is 0.123 e. The third-order valence-corrected chi connectivity index (χ3v) is 7.33. The van der Waals surface area contributed by atoms with Crippen molar-refractivity contribution in [3.63, 3.8) is 0 Å². The lowest BCUT2D eigenvalue weighted by molar-refractivity contribution is 0.152. The zero-order valence-corrected chi connectivity index (χ0v) is 20.6. The Morgan fingerprint density at radius 3 is 2.56 bits per heavy atom. The Labute approximate surface area is 204 Å². The number of hydrogen-bond acceptors (Lipinski definition) is 2. The highest BCUT2D eigenvalue weighted by Gasteiger charge is 2.29. The predicted octanol–water partition coefficient (Wildman–Crippen LogP) is 7.87. The minimum atomic E-state index is 0.246. The molecule has 0 saturated heterocycles. The van der Waals surface area contributed by atoms with E-state index in [0.717, 1.165) is 31.6 Å². The lowest BCUT2D eigenvalue weighted by atomic mass is 9.81. The van der Waals surface area contributed by atoms with Gasteiger partial charge in [0.15, 0.2) is 0 Å². The summed E-state index contributed by atoms with van der Waals surface area (Å²) >= 11 is 0. The first-order chi connectivity index (χ1) is 16.6. The molecular formula is C32H35NO. The summed E-state index contributed by atoms with van der Waals surface area (Å²) in [5, 5.41) is 6.40. The van der Waals surface area contributed by atoms with Crippen molar-refractivity contribution in [3.8, 4) is 5.75 Å². The van der Waals surface area contributed by atoms with Gasteiger partial charge in [-0.3, -0.25) is 0 Å². The van der Waals surface area contributed by atoms with Crippen molar-refractivity contribution < 1.29 is 4.74 Å². The van der Waals surface area contributed by atoms with Crippen LogP contribution in [0.2, 0.25) is 0 Å². The quantitative estimate of drug-likeness (QED) is 0.290. The van der Waals surface area contributed by atoms with Gasteiger partial charge in [0.25, 0.3) is 0 Å². The van der Waals surface area contributed by atoms with E-state index in [2.05, 4.69) is 111 Å². The molecule has 1 aliphatic heterocycles. The average Bonchev–Trinajstić information content (AvgIpc) is 2.86. The van der Waals surface area contributed by atoms with Crippen molar-refractivity contribution in [2.45, 2.75) is 58.1 Å². The molecule has 1 aliphatic rings. The van der Waals surface area contributed by atoms with E-state index in [9.17, 15) is 0 Å². The van der Waals surface area contributed by atoms with Crippen LogP contribution < -0.4 is 10.1 Å². The van der Waals surface area contributed by atoms with Gasteiger partial charge in [0.05, 0.1) is 6.10 Å². The van der Waals surface area contributed by atoms with Crippen molar-refractivity contribution in [1.29, 1.82) is 0 Å². The molecule has 2 nitrogen and oxygen atoms in total. The Balaban J connectivity index is 1.24. The van der Waals surface area contributed by atoms with Gasteiger partial charge in [-0.15, -0.1) is 0 Å². The highest BCUT2D eigenvalue weighted by atomic mass is 16.5. The van der Waals surface area contributed by atoms with Crippen molar-refractivity contribution in [3.05, 3.63) is 113 Å². The molecule has 0 radical (unpaired) electrons. The second kappa shape index (κ2) is 10.0. The standard InChI is InChI=1S/C32H35NO/c1-22-17-18-27(23(2)20-22)31-21-26(34-32-16-7-6-14-30(31)32)12-9-19-33-24(3)28-15-8-11-25-10-4-5-13-29(25)28/h4-8,10-11,13-18,20,24,26,31,33H,9,12,19,21H2,1-3H3/t24-,26+,31+/m1/s1. The van der Waals surface area contributed by atoms with Crippen molar-refractivity contribution >= 4 is 10.8 Å². The van der Waals surface area contributed by atoms with Gasteiger partial charge in [0.1, 0.15) is 5.75 Å². The van der Waals surface area contributed by atoms with Crippen molar-refractivity contribution in [2.75, 3.05) is 6.54 Å². The van der Waals surface area contributed by atoms with Gasteiger partial charge < -0.3 is 10.1 Å². The summed E-state index contributed by atoms with van der Waals surface area (Å²) in [6.07, 6.45) is 3.45. The zero-order chi connectivity index (χ0) is 23.5. The van der Waals surface area contributed by atoms with Gasteiger partial charge in [-0.2, -0.15) is 0 Å². The Bertz CT molecular complexity index is 1270. The van der Waals surface area contributed by atoms with E-state index in [0.29, 0.717) is 12.0 Å². The predicted molar refractivity (Wildman–Crippen MR) is 143 cm³/mol. The van der Waals surface area contributed by atoms with Gasteiger partial charge >= 0.3 is 0 Å². The van der Waals surface area contributed by atoms with E-state index in [1.54, 1.807) is 0 Å². The molecule has 0 bridgehead atoms. The summed E-state index contributed by atoms with van der Waals surface area (Å²) < 4.78 is 6.47. The fourth-order valence-corrected chi connectivity index (χ4v) is 5.57.